The Bertz CT molecular complexity index is 3350. The number of carbonyl (C=O) groups is 2. The van der Waals surface area contributed by atoms with E-state index in [1.165, 1.54) is 56.2 Å². The highest BCUT2D eigenvalue weighted by atomic mass is 35.5. The number of hydrazine groups is 1. The number of hydrogen-bond acceptors (Lipinski definition) is 12. The van der Waals surface area contributed by atoms with Crippen LogP contribution < -0.4 is 36.6 Å². The highest BCUT2D eigenvalue weighted by Crippen LogP contribution is 2.63. The van der Waals surface area contributed by atoms with Crippen molar-refractivity contribution in [3.05, 3.63) is 142 Å². The molecule has 9 rings (SSSR count). The van der Waals surface area contributed by atoms with E-state index >= 15 is 4.79 Å². The summed E-state index contributed by atoms with van der Waals surface area (Å²) in [6, 6.07) is 10.3. The number of alkyl halides is 6. The largest absolute Gasteiger partial charge is 0.573 e. The molecule has 17 nitrogen and oxygen atoms in total. The highest BCUT2D eigenvalue weighted by Gasteiger charge is 2.69. The van der Waals surface area contributed by atoms with Crippen molar-refractivity contribution >= 4 is 51.9 Å². The smallest absolute Gasteiger partial charge is 0.508 e. The Morgan fingerprint density at radius 3 is 2.26 bits per heavy atom. The van der Waals surface area contributed by atoms with E-state index < -0.39 is 98.9 Å². The van der Waals surface area contributed by atoms with E-state index in [9.17, 15) is 50.6 Å². The predicted molar refractivity (Wildman–Crippen MR) is 232 cm³/mol. The van der Waals surface area contributed by atoms with Crippen LogP contribution in [0.25, 0.3) is 11.0 Å². The number of aryl methyl sites for hydroxylation is 2. The fourth-order valence-corrected chi connectivity index (χ4v) is 10.0. The van der Waals surface area contributed by atoms with Crippen LogP contribution in [-0.2, 0) is 47.7 Å². The Balaban J connectivity index is 1.20. The third kappa shape index (κ3) is 7.63. The van der Waals surface area contributed by atoms with Crippen LogP contribution >= 0.6 is 23.2 Å². The molecule has 360 valence electrons. The summed E-state index contributed by atoms with van der Waals surface area (Å²) in [4.78, 5) is 81.1. The zero-order valence-electron chi connectivity index (χ0n) is 35.9. The summed E-state index contributed by atoms with van der Waals surface area (Å²) in [6.45, 7) is -0.764. The van der Waals surface area contributed by atoms with Crippen LogP contribution in [0, 0.1) is 5.92 Å². The lowest BCUT2D eigenvalue weighted by Crippen LogP contribution is -2.53. The zero-order valence-corrected chi connectivity index (χ0v) is 37.4. The van der Waals surface area contributed by atoms with Gasteiger partial charge in [-0.3, -0.25) is 19.8 Å². The van der Waals surface area contributed by atoms with Crippen molar-refractivity contribution in [1.82, 2.24) is 33.5 Å². The molecule has 0 bridgehead atoms. The first-order valence-corrected chi connectivity index (χ1v) is 21.3. The fourth-order valence-electron chi connectivity index (χ4n) is 9.68. The maximum absolute atomic E-state index is 15.4. The first-order valence-electron chi connectivity index (χ1n) is 20.5. The van der Waals surface area contributed by atoms with Gasteiger partial charge in [0.2, 0.25) is 0 Å². The van der Waals surface area contributed by atoms with Gasteiger partial charge in [0.15, 0.2) is 17.3 Å². The van der Waals surface area contributed by atoms with Crippen molar-refractivity contribution in [2.75, 3.05) is 19.6 Å². The molecule has 5 heterocycles. The Hall–Kier alpha value is -7.27. The summed E-state index contributed by atoms with van der Waals surface area (Å²) in [6.07, 6.45) is -8.94. The highest BCUT2D eigenvalue weighted by molar-refractivity contribution is 6.33. The summed E-state index contributed by atoms with van der Waals surface area (Å²) >= 11 is 12.5. The number of fused-ring (bicyclic) bond motifs is 5. The normalized spacial score (nSPS) is 20.1. The zero-order chi connectivity index (χ0) is 49.6. The van der Waals surface area contributed by atoms with E-state index in [2.05, 4.69) is 20.1 Å². The number of anilines is 1. The Labute approximate surface area is 393 Å². The van der Waals surface area contributed by atoms with Gasteiger partial charge in [-0.05, 0) is 54.0 Å². The van der Waals surface area contributed by atoms with Crippen LogP contribution in [0.4, 0.5) is 32.2 Å². The average molecular weight is 1000 g/mol. The number of halogens is 8. The van der Waals surface area contributed by atoms with E-state index in [1.54, 1.807) is 12.1 Å². The van der Waals surface area contributed by atoms with Gasteiger partial charge >= 0.3 is 23.9 Å². The van der Waals surface area contributed by atoms with Crippen LogP contribution in [0.2, 0.25) is 10.0 Å². The molecule has 1 saturated heterocycles. The molecule has 25 heteroatoms. The first-order chi connectivity index (χ1) is 32.6. The minimum Gasteiger partial charge on any atom is -0.508 e. The minimum absolute atomic E-state index is 0.0243. The van der Waals surface area contributed by atoms with E-state index in [1.807, 2.05) is 0 Å². The minimum atomic E-state index is -5.24. The van der Waals surface area contributed by atoms with Gasteiger partial charge in [-0.25, -0.2) is 33.5 Å². The number of carbonyl (C=O) groups excluding carboxylic acids is 2. The lowest BCUT2D eigenvalue weighted by molar-refractivity contribution is -0.274. The standard InChI is InChI=1S/C44H34Cl2F6N8O9/c1-56-31-18-34(68-3)33(67-2)17-29(31)54-28(38(56)63)11-12-57-40(65)58-13-10-24-30(60(58)41(57)66)16-26-37(62)59(55-36-27(46)14-21(19-53-36)43(47,48)49)39(64)42(26,20-4-6-22(45)7-5-20)35(24)25-15-23(8-9-32(25)61)69-44(50,51)52/h4-10,14-15,17-19,26,30,35,61H,11-13,16H2,1-3H3,(H,53,55)/t26-,30+,35+,42+/m0/s1. The van der Waals surface area contributed by atoms with Gasteiger partial charge in [-0.1, -0.05) is 41.4 Å². The molecule has 2 aliphatic heterocycles. The number of nitrogens with one attached hydrogen (secondary N) is 1. The van der Waals surface area contributed by atoms with Gasteiger partial charge < -0.3 is 23.9 Å². The Morgan fingerprint density at radius 2 is 1.61 bits per heavy atom. The average Bonchev–Trinajstić information content (AvgIpc) is 3.67. The molecule has 0 unspecified atom stereocenters. The quantitative estimate of drug-likeness (QED) is 0.0891. The van der Waals surface area contributed by atoms with E-state index in [0.717, 1.165) is 32.1 Å². The number of pyridine rings is 1. The van der Waals surface area contributed by atoms with Crippen LogP contribution in [0.15, 0.2) is 92.9 Å². The second-order valence-electron chi connectivity index (χ2n) is 16.2. The first kappa shape index (κ1) is 46.8. The predicted octanol–water partition coefficient (Wildman–Crippen LogP) is 6.26. The molecule has 2 amide bonds. The molecule has 2 N–H and O–H groups in total. The molecule has 0 spiro atoms. The fraction of sp³-hybridized carbons (Fsp3) is 0.295. The van der Waals surface area contributed by atoms with Crippen molar-refractivity contribution in [1.29, 1.82) is 0 Å². The molecular weight excluding hydrogens is 969 g/mol. The topological polar surface area (TPSA) is 194 Å². The molecule has 3 aliphatic rings. The van der Waals surface area contributed by atoms with Crippen molar-refractivity contribution in [3.63, 3.8) is 0 Å². The monoisotopic (exact) mass is 1000 g/mol. The summed E-state index contributed by atoms with van der Waals surface area (Å²) in [7, 11) is 4.34. The van der Waals surface area contributed by atoms with Gasteiger partial charge in [0.05, 0.1) is 59.8 Å². The number of amides is 2. The van der Waals surface area contributed by atoms with Gasteiger partial charge in [0.25, 0.3) is 17.4 Å². The van der Waals surface area contributed by atoms with Crippen molar-refractivity contribution in [2.24, 2.45) is 13.0 Å². The molecule has 69 heavy (non-hydrogen) atoms. The number of nitrogens with zero attached hydrogens (tertiary/aromatic N) is 7. The molecule has 0 radical (unpaired) electrons. The second kappa shape index (κ2) is 16.8. The SMILES string of the molecule is COc1cc2nc(CCn3c(=O)n4n(c3=O)[C@@H]3C[C@H]5C(=O)N(Nc6ncc(C(F)(F)F)cc6Cl)C(=O)[C@@]5(c5ccc(Cl)cc5)[C@@H](c5cc(OC(F)(F)F)ccc5O)C3=CC4)c(=O)n(C)c2cc1OC. The van der Waals surface area contributed by atoms with Crippen LogP contribution in [0.5, 0.6) is 23.0 Å². The number of hydrogen-bond donors (Lipinski definition) is 2. The number of benzene rings is 3. The number of imide groups is 1. The Morgan fingerprint density at radius 1 is 0.913 bits per heavy atom. The Kier molecular flexibility index (Phi) is 11.4. The number of methoxy groups -OCH3 is 2. The summed E-state index contributed by atoms with van der Waals surface area (Å²) < 4.78 is 101. The molecule has 6 aromatic rings. The lowest BCUT2D eigenvalue weighted by atomic mass is 9.53. The van der Waals surface area contributed by atoms with Gasteiger partial charge in [-0.2, -0.15) is 18.2 Å². The molecule has 3 aromatic heterocycles. The third-order valence-corrected chi connectivity index (χ3v) is 13.2. The second-order valence-corrected chi connectivity index (χ2v) is 17.1. The van der Waals surface area contributed by atoms with Gasteiger partial charge in [0, 0.05) is 54.8 Å². The summed E-state index contributed by atoms with van der Waals surface area (Å²) in [5.74, 6) is -6.87. The van der Waals surface area contributed by atoms with E-state index in [0.29, 0.717) is 39.8 Å². The van der Waals surface area contributed by atoms with E-state index in [-0.39, 0.29) is 46.9 Å². The van der Waals surface area contributed by atoms with Gasteiger partial charge in [-0.15, -0.1) is 13.2 Å². The molecule has 2 fully saturated rings. The van der Waals surface area contributed by atoms with Crippen LogP contribution in [0.3, 0.4) is 0 Å². The molecule has 1 saturated carbocycles. The van der Waals surface area contributed by atoms with Gasteiger partial charge in [0.1, 0.15) is 17.2 Å². The summed E-state index contributed by atoms with van der Waals surface area (Å²) in [5, 5.41) is 11.6. The number of phenols is 1. The van der Waals surface area contributed by atoms with Crippen molar-refractivity contribution in [3.8, 4) is 23.0 Å². The number of allylic oxidation sites excluding steroid dienone is 2. The third-order valence-electron chi connectivity index (χ3n) is 12.7. The van der Waals surface area contributed by atoms with Crippen LogP contribution in [0.1, 0.15) is 40.8 Å². The number of rotatable bonds is 10. The van der Waals surface area contributed by atoms with E-state index in [4.69, 9.17) is 32.7 Å². The summed E-state index contributed by atoms with van der Waals surface area (Å²) in [5.41, 5.74) is -2.93. The molecular formula is C44H34Cl2F6N8O9. The molecule has 3 aromatic carbocycles. The maximum atomic E-state index is 15.4. The number of aromatic nitrogens is 6. The lowest BCUT2D eigenvalue weighted by Gasteiger charge is -2.49. The van der Waals surface area contributed by atoms with Crippen molar-refractivity contribution in [2.45, 2.75) is 55.8 Å². The van der Waals surface area contributed by atoms with Crippen LogP contribution in [-0.4, -0.2) is 71.0 Å². The number of aromatic hydroxyl groups is 1. The van der Waals surface area contributed by atoms with Crippen molar-refractivity contribution < 1.29 is 55.2 Å². The number of ether oxygens (including phenoxy) is 3. The number of phenolic OH excluding ortho intramolecular Hbond substituents is 1. The maximum Gasteiger partial charge on any atom is 0.573 e. The molecule has 4 atom stereocenters. The molecule has 1 aliphatic carbocycles.